The van der Waals surface area contributed by atoms with Gasteiger partial charge in [-0.05, 0) is 6.44 Å². The van der Waals surface area contributed by atoms with E-state index < -0.39 is 13.4 Å². The van der Waals surface area contributed by atoms with Crippen LogP contribution in [0.1, 0.15) is 0 Å². The molecule has 0 amide bonds. The summed E-state index contributed by atoms with van der Waals surface area (Å²) in [5.74, 6) is 0. The fourth-order valence-electron chi connectivity index (χ4n) is 0.345. The van der Waals surface area contributed by atoms with Crippen LogP contribution in [0.25, 0.3) is 0 Å². The highest BCUT2D eigenvalue weighted by atomic mass is 19.4. The van der Waals surface area contributed by atoms with Crippen LogP contribution in [0.5, 0.6) is 0 Å². The van der Waals surface area contributed by atoms with Crippen LogP contribution < -0.4 is 5.32 Å². The molecule has 56 valence electrons. The second-order valence-corrected chi connectivity index (χ2v) is 1.64. The van der Waals surface area contributed by atoms with E-state index in [0.717, 1.165) is 0 Å². The number of nitrogens with one attached hydrogen (secondary N) is 1. The van der Waals surface area contributed by atoms with Crippen LogP contribution in [-0.2, 0) is 0 Å². The van der Waals surface area contributed by atoms with Crippen LogP contribution >= 0.6 is 0 Å². The maximum absolute atomic E-state index is 11.3. The van der Waals surface area contributed by atoms with Crippen molar-refractivity contribution in [2.75, 3.05) is 19.6 Å². The standard InChI is InChI=1S/C3H8BF3NO/c5-4(6,7)3-8-1-2-9/h8-9H,1-3H2/q-1. The minimum atomic E-state index is -4.73. The highest BCUT2D eigenvalue weighted by Crippen LogP contribution is 2.04. The van der Waals surface area contributed by atoms with Gasteiger partial charge in [-0.1, -0.05) is 0 Å². The summed E-state index contributed by atoms with van der Waals surface area (Å²) in [5, 5.41) is 10.1. The van der Waals surface area contributed by atoms with Crippen molar-refractivity contribution >= 4 is 6.98 Å². The molecule has 0 fully saturated rings. The summed E-state index contributed by atoms with van der Waals surface area (Å²) >= 11 is 0. The van der Waals surface area contributed by atoms with E-state index in [9.17, 15) is 12.9 Å². The molecule has 0 saturated heterocycles. The van der Waals surface area contributed by atoms with Gasteiger partial charge in [0.2, 0.25) is 0 Å². The predicted octanol–water partition coefficient (Wildman–Crippen LogP) is -0.0451. The molecule has 0 bridgehead atoms. The fraction of sp³-hybridized carbons (Fsp3) is 1.00. The molecule has 0 radical (unpaired) electrons. The van der Waals surface area contributed by atoms with E-state index in [-0.39, 0.29) is 13.2 Å². The first-order valence-corrected chi connectivity index (χ1v) is 2.59. The summed E-state index contributed by atoms with van der Waals surface area (Å²) in [6, 6.07) is 0. The fourth-order valence-corrected chi connectivity index (χ4v) is 0.345. The lowest BCUT2D eigenvalue weighted by atomic mass is 9.93. The van der Waals surface area contributed by atoms with E-state index in [2.05, 4.69) is 0 Å². The van der Waals surface area contributed by atoms with E-state index in [1.807, 2.05) is 5.32 Å². The van der Waals surface area contributed by atoms with Gasteiger partial charge in [0.15, 0.2) is 0 Å². The zero-order valence-corrected chi connectivity index (χ0v) is 4.78. The van der Waals surface area contributed by atoms with Crippen LogP contribution in [0.3, 0.4) is 0 Å². The van der Waals surface area contributed by atoms with Crippen molar-refractivity contribution in [2.24, 2.45) is 0 Å². The van der Waals surface area contributed by atoms with Crippen LogP contribution in [0, 0.1) is 0 Å². The molecule has 0 aromatic rings. The molecule has 0 aliphatic rings. The number of aliphatic hydroxyl groups excluding tert-OH is 1. The molecule has 0 atom stereocenters. The Balaban J connectivity index is 3.07. The summed E-state index contributed by atoms with van der Waals surface area (Å²) in [6.07, 6.45) is -0.972. The third kappa shape index (κ3) is 7.77. The van der Waals surface area contributed by atoms with E-state index >= 15 is 0 Å². The summed E-state index contributed by atoms with van der Waals surface area (Å²) in [6.45, 7) is -4.99. The van der Waals surface area contributed by atoms with Crippen molar-refractivity contribution in [3.05, 3.63) is 0 Å². The Morgan fingerprint density at radius 1 is 1.33 bits per heavy atom. The Bertz CT molecular complexity index is 75.9. The van der Waals surface area contributed by atoms with Crippen molar-refractivity contribution in [1.29, 1.82) is 0 Å². The SMILES string of the molecule is OCCNC[B-](F)(F)F. The first-order valence-electron chi connectivity index (χ1n) is 2.59. The Kier molecular flexibility index (Phi) is 3.64. The second kappa shape index (κ2) is 3.73. The molecule has 0 unspecified atom stereocenters. The smallest absolute Gasteiger partial charge is 0.448 e. The quantitative estimate of drug-likeness (QED) is 0.426. The van der Waals surface area contributed by atoms with Crippen molar-refractivity contribution in [3.63, 3.8) is 0 Å². The van der Waals surface area contributed by atoms with Crippen LogP contribution in [0.2, 0.25) is 0 Å². The minimum Gasteiger partial charge on any atom is -0.448 e. The van der Waals surface area contributed by atoms with Gasteiger partial charge in [-0.3, -0.25) is 0 Å². The second-order valence-electron chi connectivity index (χ2n) is 1.64. The number of halogens is 3. The largest absolute Gasteiger partial charge is 0.491 e. The van der Waals surface area contributed by atoms with Gasteiger partial charge in [0.05, 0.1) is 6.61 Å². The third-order valence-electron chi connectivity index (χ3n) is 0.664. The maximum Gasteiger partial charge on any atom is 0.491 e. The van der Waals surface area contributed by atoms with Gasteiger partial charge in [-0.15, -0.1) is 0 Å². The molecule has 0 saturated carbocycles. The van der Waals surface area contributed by atoms with Gasteiger partial charge >= 0.3 is 6.98 Å². The Morgan fingerprint density at radius 3 is 2.22 bits per heavy atom. The van der Waals surface area contributed by atoms with Crippen LogP contribution in [-0.4, -0.2) is 31.7 Å². The van der Waals surface area contributed by atoms with Gasteiger partial charge < -0.3 is 23.4 Å². The maximum atomic E-state index is 11.3. The molecule has 2 nitrogen and oxygen atoms in total. The normalized spacial score (nSPS) is 12.0. The average Bonchev–Trinajstić information content (AvgIpc) is 1.63. The Morgan fingerprint density at radius 2 is 1.89 bits per heavy atom. The molecule has 0 aliphatic carbocycles. The molecule has 2 N–H and O–H groups in total. The number of hydrogen-bond donors (Lipinski definition) is 2. The van der Waals surface area contributed by atoms with Gasteiger partial charge in [0.25, 0.3) is 0 Å². The number of hydrogen-bond acceptors (Lipinski definition) is 2. The van der Waals surface area contributed by atoms with E-state index in [4.69, 9.17) is 5.11 Å². The summed E-state index contributed by atoms with van der Waals surface area (Å²) in [5.41, 5.74) is 0. The predicted molar refractivity (Wildman–Crippen MR) is 29.0 cm³/mol. The van der Waals surface area contributed by atoms with Gasteiger partial charge in [-0.25, -0.2) is 0 Å². The van der Waals surface area contributed by atoms with E-state index in [1.54, 1.807) is 0 Å². The van der Waals surface area contributed by atoms with Crippen molar-refractivity contribution in [1.82, 2.24) is 5.32 Å². The molecule has 0 spiro atoms. The molecular weight excluding hydrogens is 134 g/mol. The molecule has 0 aromatic carbocycles. The minimum absolute atomic E-state index is 0.00125. The zero-order valence-electron chi connectivity index (χ0n) is 4.78. The third-order valence-corrected chi connectivity index (χ3v) is 0.664. The lowest BCUT2D eigenvalue weighted by Gasteiger charge is -2.13. The highest BCUT2D eigenvalue weighted by molar-refractivity contribution is 6.58. The lowest BCUT2D eigenvalue weighted by Crippen LogP contribution is -2.35. The van der Waals surface area contributed by atoms with Gasteiger partial charge in [0.1, 0.15) is 0 Å². The summed E-state index contributed by atoms with van der Waals surface area (Å²) in [4.78, 5) is 0. The topological polar surface area (TPSA) is 32.3 Å². The first kappa shape index (κ1) is 8.77. The zero-order chi connectivity index (χ0) is 7.33. The van der Waals surface area contributed by atoms with Crippen LogP contribution in [0.4, 0.5) is 12.9 Å². The Labute approximate surface area is 51.1 Å². The number of rotatable bonds is 4. The Hall–Kier alpha value is -0.225. The van der Waals surface area contributed by atoms with Gasteiger partial charge in [0, 0.05) is 6.54 Å². The van der Waals surface area contributed by atoms with Gasteiger partial charge in [-0.2, -0.15) is 0 Å². The molecule has 9 heavy (non-hydrogen) atoms. The van der Waals surface area contributed by atoms with Crippen molar-refractivity contribution < 1.29 is 18.1 Å². The summed E-state index contributed by atoms with van der Waals surface area (Å²) < 4.78 is 33.9. The monoisotopic (exact) mass is 142 g/mol. The average molecular weight is 142 g/mol. The van der Waals surface area contributed by atoms with Crippen molar-refractivity contribution in [2.45, 2.75) is 0 Å². The molecule has 0 rings (SSSR count). The molecule has 6 heteroatoms. The number of aliphatic hydroxyl groups is 1. The lowest BCUT2D eigenvalue weighted by molar-refractivity contribution is 0.293. The van der Waals surface area contributed by atoms with E-state index in [1.165, 1.54) is 0 Å². The van der Waals surface area contributed by atoms with E-state index in [0.29, 0.717) is 0 Å². The highest BCUT2D eigenvalue weighted by Gasteiger charge is 2.21. The van der Waals surface area contributed by atoms with Crippen molar-refractivity contribution in [3.8, 4) is 0 Å². The molecule has 0 heterocycles. The summed E-state index contributed by atoms with van der Waals surface area (Å²) in [7, 11) is 0. The molecule has 0 aliphatic heterocycles. The van der Waals surface area contributed by atoms with Crippen LogP contribution in [0.15, 0.2) is 0 Å². The molecule has 0 aromatic heterocycles. The first-order chi connectivity index (χ1) is 4.06. The molecular formula is C3H8BF3NO-.